The Morgan fingerprint density at radius 2 is 2.00 bits per heavy atom. The molecule has 0 aromatic rings. The third kappa shape index (κ3) is 3.69. The Morgan fingerprint density at radius 1 is 1.28 bits per heavy atom. The van der Waals surface area contributed by atoms with Crippen molar-refractivity contribution in [2.24, 2.45) is 0 Å². The minimum atomic E-state index is 0.387. The summed E-state index contributed by atoms with van der Waals surface area (Å²) in [5.74, 6) is 0. The minimum absolute atomic E-state index is 0.387. The van der Waals surface area contributed by atoms with Crippen molar-refractivity contribution in [3.63, 3.8) is 0 Å². The standard InChI is InChI=1S/C15H30N2O/c1-12(2)16-10-13-6-7-14(18-13)11-17-9-5-8-15(17,3)4/h12-14,16H,5-11H2,1-4H3. The second kappa shape index (κ2) is 5.89. The van der Waals surface area contributed by atoms with Gasteiger partial charge >= 0.3 is 0 Å². The summed E-state index contributed by atoms with van der Waals surface area (Å²) in [5.41, 5.74) is 0.387. The van der Waals surface area contributed by atoms with Gasteiger partial charge in [0.1, 0.15) is 0 Å². The third-order valence-corrected chi connectivity index (χ3v) is 4.45. The first-order valence-electron chi connectivity index (χ1n) is 7.61. The molecule has 2 unspecified atom stereocenters. The van der Waals surface area contributed by atoms with Crippen molar-refractivity contribution < 1.29 is 4.74 Å². The van der Waals surface area contributed by atoms with E-state index in [1.807, 2.05) is 0 Å². The molecule has 2 atom stereocenters. The molecule has 2 rings (SSSR count). The second-order valence-corrected chi connectivity index (χ2v) is 6.88. The zero-order chi connectivity index (χ0) is 13.2. The van der Waals surface area contributed by atoms with Crippen LogP contribution in [0.5, 0.6) is 0 Å². The fraction of sp³-hybridized carbons (Fsp3) is 1.00. The topological polar surface area (TPSA) is 24.5 Å². The van der Waals surface area contributed by atoms with Crippen molar-refractivity contribution in [2.75, 3.05) is 19.6 Å². The predicted octanol–water partition coefficient (Wildman–Crippen LogP) is 2.41. The van der Waals surface area contributed by atoms with Crippen LogP contribution < -0.4 is 5.32 Å². The first kappa shape index (κ1) is 14.3. The molecule has 2 aliphatic rings. The first-order valence-corrected chi connectivity index (χ1v) is 7.61. The van der Waals surface area contributed by atoms with E-state index in [-0.39, 0.29) is 0 Å². The van der Waals surface area contributed by atoms with E-state index in [1.54, 1.807) is 0 Å². The van der Waals surface area contributed by atoms with Crippen LogP contribution in [0.25, 0.3) is 0 Å². The molecule has 0 saturated carbocycles. The maximum Gasteiger partial charge on any atom is 0.0707 e. The van der Waals surface area contributed by atoms with Crippen LogP contribution in [0, 0.1) is 0 Å². The van der Waals surface area contributed by atoms with Gasteiger partial charge < -0.3 is 10.1 Å². The molecule has 0 aromatic heterocycles. The third-order valence-electron chi connectivity index (χ3n) is 4.45. The predicted molar refractivity (Wildman–Crippen MR) is 75.9 cm³/mol. The van der Waals surface area contributed by atoms with Crippen molar-refractivity contribution in [3.8, 4) is 0 Å². The molecule has 1 N–H and O–H groups in total. The molecule has 0 aliphatic carbocycles. The Bertz CT molecular complexity index is 265. The van der Waals surface area contributed by atoms with E-state index in [0.717, 1.165) is 13.1 Å². The molecular formula is C15H30N2O. The molecule has 0 radical (unpaired) electrons. The lowest BCUT2D eigenvalue weighted by Crippen LogP contribution is -2.43. The first-order chi connectivity index (χ1) is 8.47. The highest BCUT2D eigenvalue weighted by molar-refractivity contribution is 4.90. The van der Waals surface area contributed by atoms with E-state index in [0.29, 0.717) is 23.8 Å². The average molecular weight is 254 g/mol. The SMILES string of the molecule is CC(C)NCC1CCC(CN2CCCC2(C)C)O1. The fourth-order valence-electron chi connectivity index (χ4n) is 3.18. The lowest BCUT2D eigenvalue weighted by molar-refractivity contribution is 0.0104. The normalized spacial score (nSPS) is 32.5. The van der Waals surface area contributed by atoms with Gasteiger partial charge in [-0.05, 0) is 46.1 Å². The van der Waals surface area contributed by atoms with Gasteiger partial charge in [-0.25, -0.2) is 0 Å². The Labute approximate surface area is 112 Å². The molecule has 0 bridgehead atoms. The Hall–Kier alpha value is -0.120. The van der Waals surface area contributed by atoms with E-state index in [4.69, 9.17) is 4.74 Å². The maximum absolute atomic E-state index is 6.16. The lowest BCUT2D eigenvalue weighted by Gasteiger charge is -2.33. The number of hydrogen-bond acceptors (Lipinski definition) is 3. The molecule has 0 amide bonds. The van der Waals surface area contributed by atoms with E-state index in [9.17, 15) is 0 Å². The molecule has 2 saturated heterocycles. The molecule has 0 aromatic carbocycles. The summed E-state index contributed by atoms with van der Waals surface area (Å²) in [4.78, 5) is 2.62. The average Bonchev–Trinajstić information content (AvgIpc) is 2.84. The van der Waals surface area contributed by atoms with E-state index >= 15 is 0 Å². The molecule has 106 valence electrons. The molecular weight excluding hydrogens is 224 g/mol. The van der Waals surface area contributed by atoms with Gasteiger partial charge in [-0.1, -0.05) is 13.8 Å². The lowest BCUT2D eigenvalue weighted by atomic mass is 10.0. The van der Waals surface area contributed by atoms with Crippen LogP contribution in [0.2, 0.25) is 0 Å². The zero-order valence-electron chi connectivity index (χ0n) is 12.5. The second-order valence-electron chi connectivity index (χ2n) is 6.88. The van der Waals surface area contributed by atoms with Crippen LogP contribution in [-0.4, -0.2) is 48.3 Å². The van der Waals surface area contributed by atoms with Crippen molar-refractivity contribution in [1.29, 1.82) is 0 Å². The summed E-state index contributed by atoms with van der Waals surface area (Å²) >= 11 is 0. The highest BCUT2D eigenvalue weighted by atomic mass is 16.5. The van der Waals surface area contributed by atoms with Crippen LogP contribution in [-0.2, 0) is 4.74 Å². The smallest absolute Gasteiger partial charge is 0.0707 e. The van der Waals surface area contributed by atoms with Gasteiger partial charge in [0.15, 0.2) is 0 Å². The van der Waals surface area contributed by atoms with Gasteiger partial charge in [0.2, 0.25) is 0 Å². The molecule has 3 nitrogen and oxygen atoms in total. The maximum atomic E-state index is 6.16. The number of nitrogens with one attached hydrogen (secondary N) is 1. The van der Waals surface area contributed by atoms with Crippen LogP contribution in [0.3, 0.4) is 0 Å². The van der Waals surface area contributed by atoms with E-state index in [2.05, 4.69) is 37.9 Å². The van der Waals surface area contributed by atoms with Gasteiger partial charge in [0, 0.05) is 24.7 Å². The van der Waals surface area contributed by atoms with E-state index in [1.165, 1.54) is 32.2 Å². The Morgan fingerprint density at radius 3 is 2.61 bits per heavy atom. The van der Waals surface area contributed by atoms with E-state index < -0.39 is 0 Å². The molecule has 3 heteroatoms. The number of rotatable bonds is 5. The van der Waals surface area contributed by atoms with Gasteiger partial charge in [-0.2, -0.15) is 0 Å². The van der Waals surface area contributed by atoms with Crippen molar-refractivity contribution >= 4 is 0 Å². The van der Waals surface area contributed by atoms with Gasteiger partial charge in [-0.3, -0.25) is 4.90 Å². The number of nitrogens with zero attached hydrogens (tertiary/aromatic N) is 1. The summed E-state index contributed by atoms with van der Waals surface area (Å²) in [6.07, 6.45) is 6.02. The van der Waals surface area contributed by atoms with Crippen LogP contribution in [0.15, 0.2) is 0 Å². The largest absolute Gasteiger partial charge is 0.372 e. The van der Waals surface area contributed by atoms with Crippen LogP contribution in [0.4, 0.5) is 0 Å². The molecule has 2 heterocycles. The summed E-state index contributed by atoms with van der Waals surface area (Å²) in [6, 6.07) is 0.560. The monoisotopic (exact) mass is 254 g/mol. The highest BCUT2D eigenvalue weighted by Gasteiger charge is 2.35. The Balaban J connectivity index is 1.72. The quantitative estimate of drug-likeness (QED) is 0.815. The Kier molecular flexibility index (Phi) is 4.68. The van der Waals surface area contributed by atoms with Crippen molar-refractivity contribution in [3.05, 3.63) is 0 Å². The fourth-order valence-corrected chi connectivity index (χ4v) is 3.18. The summed E-state index contributed by atoms with van der Waals surface area (Å²) < 4.78 is 6.16. The molecule has 2 fully saturated rings. The van der Waals surface area contributed by atoms with Gasteiger partial charge in [-0.15, -0.1) is 0 Å². The summed E-state index contributed by atoms with van der Waals surface area (Å²) in [5, 5.41) is 3.48. The van der Waals surface area contributed by atoms with Crippen molar-refractivity contribution in [1.82, 2.24) is 10.2 Å². The molecule has 2 aliphatic heterocycles. The number of likely N-dealkylation sites (tertiary alicyclic amines) is 1. The minimum Gasteiger partial charge on any atom is -0.372 e. The molecule has 18 heavy (non-hydrogen) atoms. The van der Waals surface area contributed by atoms with Crippen molar-refractivity contribution in [2.45, 2.75) is 77.2 Å². The number of hydrogen-bond donors (Lipinski definition) is 1. The molecule has 0 spiro atoms. The summed E-state index contributed by atoms with van der Waals surface area (Å²) in [6.45, 7) is 12.5. The highest BCUT2D eigenvalue weighted by Crippen LogP contribution is 2.30. The number of ether oxygens (including phenoxy) is 1. The van der Waals surface area contributed by atoms with Crippen LogP contribution >= 0.6 is 0 Å². The van der Waals surface area contributed by atoms with Crippen LogP contribution in [0.1, 0.15) is 53.4 Å². The van der Waals surface area contributed by atoms with Gasteiger partial charge in [0.25, 0.3) is 0 Å². The summed E-state index contributed by atoms with van der Waals surface area (Å²) in [7, 11) is 0. The van der Waals surface area contributed by atoms with Gasteiger partial charge in [0.05, 0.1) is 12.2 Å². The zero-order valence-corrected chi connectivity index (χ0v) is 12.5.